The monoisotopic (exact) mass is 539 g/mol. The Morgan fingerprint density at radius 2 is 1.50 bits per heavy atom. The molecule has 3 aliphatic carbocycles. The zero-order valence-electron chi connectivity index (χ0n) is 21.6. The number of carbonyl (C=O) groups is 3. The number of carbonyl (C=O) groups excluding carboxylic acids is 3. The number of hydrogen-bond donors (Lipinski definition) is 5. The van der Waals surface area contributed by atoms with Crippen molar-refractivity contribution in [3.63, 3.8) is 0 Å². The fourth-order valence-electron chi connectivity index (χ4n) is 5.78. The van der Waals surface area contributed by atoms with Crippen molar-refractivity contribution in [1.29, 1.82) is 0 Å². The molecule has 6 unspecified atom stereocenters. The number of ketones is 1. The topological polar surface area (TPSA) is 194 Å². The highest BCUT2D eigenvalue weighted by Crippen LogP contribution is 2.37. The van der Waals surface area contributed by atoms with Crippen molar-refractivity contribution >= 4 is 17.7 Å². The van der Waals surface area contributed by atoms with E-state index in [0.29, 0.717) is 38.5 Å². The molecule has 0 aromatic rings. The molecule has 0 amide bonds. The van der Waals surface area contributed by atoms with Crippen molar-refractivity contribution < 1.29 is 54.5 Å². The lowest BCUT2D eigenvalue weighted by atomic mass is 9.72. The van der Waals surface area contributed by atoms with Crippen LogP contribution in [0.1, 0.15) is 57.8 Å². The maximum atomic E-state index is 12.6. The second-order valence-electron chi connectivity index (χ2n) is 11.0. The van der Waals surface area contributed by atoms with Gasteiger partial charge in [-0.05, 0) is 68.8 Å². The minimum absolute atomic E-state index is 0.0916. The Hall–Kier alpha value is -2.15. The molecule has 3 rings (SSSR count). The molecular formula is C27H39O11-. The summed E-state index contributed by atoms with van der Waals surface area (Å²) in [5, 5.41) is 62.7. The molecule has 0 radical (unpaired) electrons. The van der Waals surface area contributed by atoms with Crippen LogP contribution < -0.4 is 5.11 Å². The number of aliphatic carboxylic acids is 1. The van der Waals surface area contributed by atoms with Gasteiger partial charge in [0.25, 0.3) is 0 Å². The molecule has 0 aliphatic heterocycles. The van der Waals surface area contributed by atoms with Crippen molar-refractivity contribution in [2.45, 2.75) is 100 Å². The molecule has 11 heteroatoms. The Labute approximate surface area is 221 Å². The van der Waals surface area contributed by atoms with Crippen LogP contribution in [0.25, 0.3) is 0 Å². The van der Waals surface area contributed by atoms with Crippen molar-refractivity contribution in [3.8, 4) is 0 Å². The van der Waals surface area contributed by atoms with Gasteiger partial charge in [0.2, 0.25) is 0 Å². The van der Waals surface area contributed by atoms with Gasteiger partial charge in [-0.2, -0.15) is 0 Å². The average molecular weight is 540 g/mol. The Balaban J connectivity index is 1.60. The Bertz CT molecular complexity index is 901. The van der Waals surface area contributed by atoms with Crippen LogP contribution in [-0.4, -0.2) is 92.6 Å². The number of ether oxygens (including phenoxy) is 2. The standard InChI is InChI=1S/C27H40O11/c1-37-22-8-4-16(11-21(22)31)5-9-24(32)38-23-14-27(36,26(34)35)13-17(25(23)33)12-18(28)6-2-15-3-7-19(29)20(30)10-15/h2,5-6,9,15-17,19-23,25,29-31,33,36H,3-4,7-8,10-14H2,1H3,(H,34,35)/p-1/b6-2+,9-5+/t15?,16?,17-,19?,20?,21?,22?,23-,25+,27-/m1/s1. The van der Waals surface area contributed by atoms with Crippen LogP contribution in [0.4, 0.5) is 0 Å². The van der Waals surface area contributed by atoms with Crippen molar-refractivity contribution in [1.82, 2.24) is 0 Å². The second-order valence-corrected chi connectivity index (χ2v) is 11.0. The summed E-state index contributed by atoms with van der Waals surface area (Å²) in [5.41, 5.74) is -2.39. The Morgan fingerprint density at radius 1 is 0.868 bits per heavy atom. The van der Waals surface area contributed by atoms with Crippen LogP contribution in [0.2, 0.25) is 0 Å². The van der Waals surface area contributed by atoms with E-state index in [0.717, 1.165) is 6.08 Å². The number of carboxylic acid groups (broad SMARTS) is 1. The number of aliphatic hydroxyl groups excluding tert-OH is 4. The van der Waals surface area contributed by atoms with Crippen LogP contribution in [0.3, 0.4) is 0 Å². The van der Waals surface area contributed by atoms with E-state index in [4.69, 9.17) is 9.47 Å². The van der Waals surface area contributed by atoms with Gasteiger partial charge in [-0.25, -0.2) is 4.79 Å². The number of allylic oxidation sites excluding steroid dienone is 3. The van der Waals surface area contributed by atoms with E-state index in [1.54, 1.807) is 12.2 Å². The minimum atomic E-state index is -2.39. The van der Waals surface area contributed by atoms with Crippen LogP contribution >= 0.6 is 0 Å². The molecule has 11 nitrogen and oxygen atoms in total. The molecule has 3 fully saturated rings. The van der Waals surface area contributed by atoms with Crippen molar-refractivity contribution in [2.75, 3.05) is 7.11 Å². The van der Waals surface area contributed by atoms with Gasteiger partial charge in [-0.3, -0.25) is 4.79 Å². The van der Waals surface area contributed by atoms with E-state index in [1.807, 2.05) is 0 Å². The zero-order chi connectivity index (χ0) is 28.0. The van der Waals surface area contributed by atoms with Gasteiger partial charge in [0, 0.05) is 26.0 Å². The van der Waals surface area contributed by atoms with Crippen LogP contribution in [0, 0.1) is 17.8 Å². The van der Waals surface area contributed by atoms with Crippen molar-refractivity contribution in [2.24, 2.45) is 17.8 Å². The second kappa shape index (κ2) is 13.3. The predicted molar refractivity (Wildman–Crippen MR) is 130 cm³/mol. The molecule has 0 spiro atoms. The molecular weight excluding hydrogens is 500 g/mol. The number of esters is 1. The molecule has 0 bridgehead atoms. The first-order valence-corrected chi connectivity index (χ1v) is 13.2. The molecule has 0 aromatic heterocycles. The Morgan fingerprint density at radius 3 is 2.11 bits per heavy atom. The summed E-state index contributed by atoms with van der Waals surface area (Å²) in [6.45, 7) is 0. The zero-order valence-corrected chi connectivity index (χ0v) is 21.6. The van der Waals surface area contributed by atoms with Gasteiger partial charge in [-0.1, -0.05) is 12.2 Å². The number of aliphatic hydroxyl groups is 5. The molecule has 0 saturated heterocycles. The van der Waals surface area contributed by atoms with Gasteiger partial charge >= 0.3 is 5.97 Å². The lowest BCUT2D eigenvalue weighted by Gasteiger charge is -2.43. The van der Waals surface area contributed by atoms with Gasteiger partial charge in [0.15, 0.2) is 5.78 Å². The smallest absolute Gasteiger partial charge is 0.330 e. The maximum Gasteiger partial charge on any atom is 0.330 e. The molecule has 38 heavy (non-hydrogen) atoms. The third kappa shape index (κ3) is 7.93. The summed E-state index contributed by atoms with van der Waals surface area (Å²) in [5.74, 6) is -4.27. The summed E-state index contributed by atoms with van der Waals surface area (Å²) >= 11 is 0. The van der Waals surface area contributed by atoms with Gasteiger partial charge in [-0.15, -0.1) is 0 Å². The summed E-state index contributed by atoms with van der Waals surface area (Å²) in [6.07, 6.45) is 1.98. The van der Waals surface area contributed by atoms with E-state index in [9.17, 15) is 45.0 Å². The van der Waals surface area contributed by atoms with Gasteiger partial charge < -0.3 is 44.9 Å². The predicted octanol–water partition coefficient (Wildman–Crippen LogP) is -1.08. The van der Waals surface area contributed by atoms with Crippen molar-refractivity contribution in [3.05, 3.63) is 24.3 Å². The highest BCUT2D eigenvalue weighted by atomic mass is 16.6. The lowest BCUT2D eigenvalue weighted by Crippen LogP contribution is -2.59. The first-order chi connectivity index (χ1) is 17.9. The quantitative estimate of drug-likeness (QED) is 0.177. The molecule has 0 heterocycles. The van der Waals surface area contributed by atoms with E-state index in [1.165, 1.54) is 13.2 Å². The first kappa shape index (κ1) is 30.4. The highest BCUT2D eigenvalue weighted by Gasteiger charge is 2.47. The number of rotatable bonds is 9. The minimum Gasteiger partial charge on any atom is -0.547 e. The van der Waals surface area contributed by atoms with E-state index in [2.05, 4.69) is 0 Å². The molecule has 214 valence electrons. The third-order valence-corrected chi connectivity index (χ3v) is 8.09. The van der Waals surface area contributed by atoms with Crippen LogP contribution in [-0.2, 0) is 23.9 Å². The van der Waals surface area contributed by atoms with Gasteiger partial charge in [0.1, 0.15) is 11.7 Å². The molecule has 3 aliphatic rings. The molecule has 0 aromatic carbocycles. The van der Waals surface area contributed by atoms with E-state index in [-0.39, 0.29) is 24.4 Å². The Kier molecular flexibility index (Phi) is 10.6. The fraction of sp³-hybridized carbons (Fsp3) is 0.741. The maximum absolute atomic E-state index is 12.6. The average Bonchev–Trinajstić information content (AvgIpc) is 2.86. The lowest BCUT2D eigenvalue weighted by molar-refractivity contribution is -0.330. The number of hydrogen-bond acceptors (Lipinski definition) is 11. The van der Waals surface area contributed by atoms with E-state index < -0.39 is 72.6 Å². The fourth-order valence-corrected chi connectivity index (χ4v) is 5.78. The SMILES string of the molecule is COC1CCC(/C=C/C(=O)O[C@@H]2C[C@@](O)(C(=O)[O-])C[C@@H](CC(=O)/C=C/C3CCC(O)C(O)C3)[C@@H]2O)CC1O. The summed E-state index contributed by atoms with van der Waals surface area (Å²) in [6, 6.07) is 0. The largest absolute Gasteiger partial charge is 0.547 e. The first-order valence-electron chi connectivity index (χ1n) is 13.2. The van der Waals surface area contributed by atoms with Gasteiger partial charge in [0.05, 0.1) is 36.5 Å². The summed E-state index contributed by atoms with van der Waals surface area (Å²) < 4.78 is 10.5. The molecule has 10 atom stereocenters. The summed E-state index contributed by atoms with van der Waals surface area (Å²) in [7, 11) is 1.52. The highest BCUT2D eigenvalue weighted by molar-refractivity contribution is 5.90. The molecule has 3 saturated carbocycles. The number of carboxylic acids is 1. The van der Waals surface area contributed by atoms with Crippen LogP contribution in [0.15, 0.2) is 24.3 Å². The van der Waals surface area contributed by atoms with E-state index >= 15 is 0 Å². The third-order valence-electron chi connectivity index (χ3n) is 8.09. The normalized spacial score (nSPS) is 40.3. The number of methoxy groups -OCH3 is 1. The molecule has 5 N–H and O–H groups in total. The van der Waals surface area contributed by atoms with Crippen LogP contribution in [0.5, 0.6) is 0 Å². The summed E-state index contributed by atoms with van der Waals surface area (Å²) in [4.78, 5) is 36.7.